The van der Waals surface area contributed by atoms with Crippen molar-refractivity contribution >= 4 is 11.6 Å². The maximum Gasteiger partial charge on any atom is 0.243 e. The van der Waals surface area contributed by atoms with Gasteiger partial charge in [-0.3, -0.25) is 4.79 Å². The number of nitrogens with zero attached hydrogens (tertiary/aromatic N) is 1. The second-order valence-electron chi connectivity index (χ2n) is 5.90. The Morgan fingerprint density at radius 2 is 1.77 bits per heavy atom. The van der Waals surface area contributed by atoms with E-state index in [0.29, 0.717) is 5.92 Å². The van der Waals surface area contributed by atoms with Crippen LogP contribution in [0.3, 0.4) is 0 Å². The number of carbonyl (C=O) groups is 1. The van der Waals surface area contributed by atoms with Gasteiger partial charge in [-0.25, -0.2) is 5.43 Å². The van der Waals surface area contributed by atoms with Gasteiger partial charge >= 0.3 is 0 Å². The number of aryl methyl sites for hydroxylation is 1. The third-order valence-corrected chi connectivity index (χ3v) is 4.16. The number of hydrogen-bond acceptors (Lipinski definition) is 2. The van der Waals surface area contributed by atoms with Crippen LogP contribution in [0.15, 0.2) is 59.7 Å². The van der Waals surface area contributed by atoms with Crippen LogP contribution in [0.1, 0.15) is 36.0 Å². The SMILES string of the molecule is CC(=NNC(=O)C1CC1c1ccccc1)c1ccc(C)cc1. The van der Waals surface area contributed by atoms with E-state index >= 15 is 0 Å². The van der Waals surface area contributed by atoms with Crippen molar-refractivity contribution in [2.75, 3.05) is 0 Å². The third-order valence-electron chi connectivity index (χ3n) is 4.16. The molecule has 0 aliphatic heterocycles. The van der Waals surface area contributed by atoms with Crippen LogP contribution < -0.4 is 5.43 Å². The average Bonchev–Trinajstić information content (AvgIpc) is 3.34. The van der Waals surface area contributed by atoms with Crippen molar-refractivity contribution in [1.29, 1.82) is 0 Å². The molecule has 1 saturated carbocycles. The van der Waals surface area contributed by atoms with Crippen molar-refractivity contribution in [3.63, 3.8) is 0 Å². The van der Waals surface area contributed by atoms with E-state index in [0.717, 1.165) is 17.7 Å². The smallest absolute Gasteiger partial charge is 0.243 e. The van der Waals surface area contributed by atoms with Gasteiger partial charge in [0.1, 0.15) is 0 Å². The molecule has 1 N–H and O–H groups in total. The van der Waals surface area contributed by atoms with Crippen LogP contribution in [0.5, 0.6) is 0 Å². The standard InChI is InChI=1S/C19H20N2O/c1-13-8-10-15(11-9-13)14(2)20-21-19(22)18-12-17(18)16-6-4-3-5-7-16/h3-11,17-18H,12H2,1-2H3,(H,21,22). The molecule has 1 amide bonds. The number of benzene rings is 2. The van der Waals surface area contributed by atoms with E-state index in [1.807, 2.05) is 49.4 Å². The molecule has 3 nitrogen and oxygen atoms in total. The molecule has 0 aromatic heterocycles. The average molecular weight is 292 g/mol. The molecule has 0 saturated heterocycles. The molecule has 0 heterocycles. The van der Waals surface area contributed by atoms with Crippen LogP contribution in [-0.2, 0) is 4.79 Å². The van der Waals surface area contributed by atoms with Crippen molar-refractivity contribution in [3.8, 4) is 0 Å². The molecule has 22 heavy (non-hydrogen) atoms. The van der Waals surface area contributed by atoms with E-state index < -0.39 is 0 Å². The van der Waals surface area contributed by atoms with Gasteiger partial charge < -0.3 is 0 Å². The Balaban J connectivity index is 1.59. The highest BCUT2D eigenvalue weighted by Gasteiger charge is 2.43. The van der Waals surface area contributed by atoms with Crippen LogP contribution in [0.25, 0.3) is 0 Å². The predicted octanol–water partition coefficient (Wildman–Crippen LogP) is 3.64. The first kappa shape index (κ1) is 14.5. The molecule has 0 spiro atoms. The zero-order valence-corrected chi connectivity index (χ0v) is 12.9. The highest BCUT2D eigenvalue weighted by Crippen LogP contribution is 2.47. The lowest BCUT2D eigenvalue weighted by Crippen LogP contribution is -2.21. The Hall–Kier alpha value is -2.42. The summed E-state index contributed by atoms with van der Waals surface area (Å²) in [5, 5.41) is 4.23. The van der Waals surface area contributed by atoms with Gasteiger partial charge in [0.2, 0.25) is 5.91 Å². The largest absolute Gasteiger partial charge is 0.273 e. The lowest BCUT2D eigenvalue weighted by atomic mass is 10.1. The minimum absolute atomic E-state index is 0.0142. The second kappa shape index (κ2) is 6.14. The van der Waals surface area contributed by atoms with Gasteiger partial charge in [0.15, 0.2) is 0 Å². The molecule has 2 atom stereocenters. The van der Waals surface area contributed by atoms with Crippen LogP contribution in [-0.4, -0.2) is 11.6 Å². The first-order valence-electron chi connectivity index (χ1n) is 7.61. The van der Waals surface area contributed by atoms with Crippen LogP contribution in [0, 0.1) is 12.8 Å². The van der Waals surface area contributed by atoms with Gasteiger partial charge in [-0.1, -0.05) is 60.2 Å². The van der Waals surface area contributed by atoms with Crippen molar-refractivity contribution in [2.24, 2.45) is 11.0 Å². The number of carbonyl (C=O) groups excluding carboxylic acids is 1. The fourth-order valence-corrected chi connectivity index (χ4v) is 2.63. The van der Waals surface area contributed by atoms with Gasteiger partial charge in [-0.15, -0.1) is 0 Å². The first-order chi connectivity index (χ1) is 10.6. The summed E-state index contributed by atoms with van der Waals surface area (Å²) in [6.45, 7) is 3.96. The third kappa shape index (κ3) is 3.25. The lowest BCUT2D eigenvalue weighted by Gasteiger charge is -2.03. The zero-order valence-electron chi connectivity index (χ0n) is 12.9. The molecule has 2 aromatic rings. The van der Waals surface area contributed by atoms with E-state index in [1.165, 1.54) is 11.1 Å². The molecular weight excluding hydrogens is 272 g/mol. The van der Waals surface area contributed by atoms with Crippen molar-refractivity contribution < 1.29 is 4.79 Å². The fraction of sp³-hybridized carbons (Fsp3) is 0.263. The number of nitrogens with one attached hydrogen (secondary N) is 1. The normalized spacial score (nSPS) is 20.5. The van der Waals surface area contributed by atoms with Gasteiger partial charge in [0, 0.05) is 5.92 Å². The Labute approximate surface area is 131 Å². The summed E-state index contributed by atoms with van der Waals surface area (Å²) in [5.41, 5.74) is 7.01. The predicted molar refractivity (Wildman–Crippen MR) is 88.8 cm³/mol. The molecule has 3 heteroatoms. The molecule has 0 bridgehead atoms. The number of hydrogen-bond donors (Lipinski definition) is 1. The summed E-state index contributed by atoms with van der Waals surface area (Å²) >= 11 is 0. The maximum absolute atomic E-state index is 12.2. The fourth-order valence-electron chi connectivity index (χ4n) is 2.63. The summed E-state index contributed by atoms with van der Waals surface area (Å²) in [5.74, 6) is 0.411. The van der Waals surface area contributed by atoms with Crippen molar-refractivity contribution in [2.45, 2.75) is 26.2 Å². The van der Waals surface area contributed by atoms with Gasteiger partial charge in [0.25, 0.3) is 0 Å². The Morgan fingerprint density at radius 3 is 2.45 bits per heavy atom. The summed E-state index contributed by atoms with van der Waals surface area (Å²) in [7, 11) is 0. The highest BCUT2D eigenvalue weighted by atomic mass is 16.2. The summed E-state index contributed by atoms with van der Waals surface area (Å²) in [6.07, 6.45) is 0.912. The van der Waals surface area contributed by atoms with Crippen LogP contribution >= 0.6 is 0 Å². The second-order valence-corrected chi connectivity index (χ2v) is 5.90. The molecule has 1 aliphatic rings. The molecule has 1 fully saturated rings. The topological polar surface area (TPSA) is 41.5 Å². The minimum Gasteiger partial charge on any atom is -0.273 e. The zero-order chi connectivity index (χ0) is 15.5. The van der Waals surface area contributed by atoms with Crippen LogP contribution in [0.4, 0.5) is 0 Å². The van der Waals surface area contributed by atoms with E-state index in [1.54, 1.807) is 0 Å². The molecule has 1 aliphatic carbocycles. The summed E-state index contributed by atoms with van der Waals surface area (Å²) in [6, 6.07) is 18.3. The Bertz CT molecular complexity index is 689. The quantitative estimate of drug-likeness (QED) is 0.678. The van der Waals surface area contributed by atoms with Crippen molar-refractivity contribution in [1.82, 2.24) is 5.43 Å². The molecule has 2 aromatic carbocycles. The minimum atomic E-state index is 0.0142. The van der Waals surface area contributed by atoms with E-state index in [-0.39, 0.29) is 11.8 Å². The Kier molecular flexibility index (Phi) is 4.05. The molecule has 3 rings (SSSR count). The molecule has 2 unspecified atom stereocenters. The van der Waals surface area contributed by atoms with Gasteiger partial charge in [-0.05, 0) is 37.3 Å². The summed E-state index contributed by atoms with van der Waals surface area (Å²) in [4.78, 5) is 12.2. The molecule has 0 radical (unpaired) electrons. The number of hydrazone groups is 1. The van der Waals surface area contributed by atoms with Crippen LogP contribution in [0.2, 0.25) is 0 Å². The molecule has 112 valence electrons. The van der Waals surface area contributed by atoms with Gasteiger partial charge in [0.05, 0.1) is 5.71 Å². The molecular formula is C19H20N2O. The van der Waals surface area contributed by atoms with E-state index in [2.05, 4.69) is 29.6 Å². The Morgan fingerprint density at radius 1 is 1.09 bits per heavy atom. The summed E-state index contributed by atoms with van der Waals surface area (Å²) < 4.78 is 0. The lowest BCUT2D eigenvalue weighted by molar-refractivity contribution is -0.122. The first-order valence-corrected chi connectivity index (χ1v) is 7.61. The van der Waals surface area contributed by atoms with E-state index in [9.17, 15) is 4.79 Å². The van der Waals surface area contributed by atoms with E-state index in [4.69, 9.17) is 0 Å². The number of rotatable bonds is 4. The van der Waals surface area contributed by atoms with Gasteiger partial charge in [-0.2, -0.15) is 5.10 Å². The highest BCUT2D eigenvalue weighted by molar-refractivity contribution is 5.99. The van der Waals surface area contributed by atoms with Crippen molar-refractivity contribution in [3.05, 3.63) is 71.3 Å². The monoisotopic (exact) mass is 292 g/mol. The number of amides is 1. The maximum atomic E-state index is 12.2.